The van der Waals surface area contributed by atoms with E-state index in [2.05, 4.69) is 0 Å². The molecule has 100 valence electrons. The number of ketones is 1. The van der Waals surface area contributed by atoms with E-state index < -0.39 is 17.9 Å². The van der Waals surface area contributed by atoms with Gasteiger partial charge in [0.25, 0.3) is 0 Å². The van der Waals surface area contributed by atoms with Crippen molar-refractivity contribution in [3.05, 3.63) is 0 Å². The predicted molar refractivity (Wildman–Crippen MR) is 66.5 cm³/mol. The quantitative estimate of drug-likeness (QED) is 0.519. The topological polar surface area (TPSA) is 106 Å². The lowest BCUT2D eigenvalue weighted by Gasteiger charge is -2.17. The number of carboxylic acids is 1. The molecule has 17 heavy (non-hydrogen) atoms. The minimum absolute atomic E-state index is 0.0246. The minimum Gasteiger partial charge on any atom is -0.481 e. The third kappa shape index (κ3) is 6.38. The van der Waals surface area contributed by atoms with Gasteiger partial charge < -0.3 is 16.6 Å². The number of hydrogen-bond donors (Lipinski definition) is 3. The van der Waals surface area contributed by atoms with Crippen molar-refractivity contribution in [1.29, 1.82) is 0 Å². The molecule has 0 spiro atoms. The summed E-state index contributed by atoms with van der Waals surface area (Å²) in [4.78, 5) is 22.7. The molecule has 2 atom stereocenters. The molecule has 0 aliphatic rings. The average molecular weight is 244 g/mol. The van der Waals surface area contributed by atoms with E-state index in [9.17, 15) is 9.59 Å². The largest absolute Gasteiger partial charge is 0.481 e. The van der Waals surface area contributed by atoms with E-state index >= 15 is 0 Å². The fourth-order valence-corrected chi connectivity index (χ4v) is 1.65. The maximum atomic E-state index is 11.7. The Morgan fingerprint density at radius 2 is 1.82 bits per heavy atom. The SMILES string of the molecule is CC(C)C(CC(=O)C(N)CCCCN)C(=O)O. The molecule has 0 heterocycles. The van der Waals surface area contributed by atoms with E-state index in [-0.39, 0.29) is 18.1 Å². The third-order valence-electron chi connectivity index (χ3n) is 2.93. The first kappa shape index (κ1) is 16.1. The van der Waals surface area contributed by atoms with Gasteiger partial charge in [-0.15, -0.1) is 0 Å². The zero-order valence-electron chi connectivity index (χ0n) is 10.7. The molecule has 0 amide bonds. The summed E-state index contributed by atoms with van der Waals surface area (Å²) in [5.41, 5.74) is 11.1. The molecule has 0 saturated carbocycles. The van der Waals surface area contributed by atoms with Gasteiger partial charge in [0.2, 0.25) is 0 Å². The lowest BCUT2D eigenvalue weighted by atomic mass is 9.88. The molecule has 0 saturated heterocycles. The van der Waals surface area contributed by atoms with E-state index in [0.717, 1.165) is 12.8 Å². The highest BCUT2D eigenvalue weighted by atomic mass is 16.4. The monoisotopic (exact) mass is 244 g/mol. The summed E-state index contributed by atoms with van der Waals surface area (Å²) in [6, 6.07) is -0.554. The molecule has 0 aromatic rings. The summed E-state index contributed by atoms with van der Waals surface area (Å²) in [6.07, 6.45) is 2.26. The Bertz CT molecular complexity index is 254. The number of aliphatic carboxylic acids is 1. The van der Waals surface area contributed by atoms with Crippen LogP contribution in [-0.2, 0) is 9.59 Å². The number of carboxylic acid groups (broad SMARTS) is 1. The van der Waals surface area contributed by atoms with E-state index in [0.29, 0.717) is 13.0 Å². The van der Waals surface area contributed by atoms with Crippen LogP contribution in [0.4, 0.5) is 0 Å². The first-order valence-electron chi connectivity index (χ1n) is 6.11. The van der Waals surface area contributed by atoms with Crippen molar-refractivity contribution in [2.45, 2.75) is 45.6 Å². The first-order valence-corrected chi connectivity index (χ1v) is 6.11. The highest BCUT2D eigenvalue weighted by Crippen LogP contribution is 2.17. The summed E-state index contributed by atoms with van der Waals surface area (Å²) in [6.45, 7) is 4.18. The van der Waals surface area contributed by atoms with Crippen LogP contribution in [0.3, 0.4) is 0 Å². The second kappa shape index (κ2) is 8.20. The van der Waals surface area contributed by atoms with Crippen LogP contribution in [0.2, 0.25) is 0 Å². The average Bonchev–Trinajstić information content (AvgIpc) is 2.24. The number of Topliss-reactive ketones (excluding diaryl/α,β-unsaturated/α-hetero) is 1. The number of unbranched alkanes of at least 4 members (excludes halogenated alkanes) is 1. The summed E-state index contributed by atoms with van der Waals surface area (Å²) >= 11 is 0. The summed E-state index contributed by atoms with van der Waals surface area (Å²) in [5.74, 6) is -1.79. The Morgan fingerprint density at radius 1 is 1.24 bits per heavy atom. The maximum Gasteiger partial charge on any atom is 0.307 e. The van der Waals surface area contributed by atoms with Crippen molar-refractivity contribution in [2.24, 2.45) is 23.3 Å². The molecule has 2 unspecified atom stereocenters. The number of carbonyl (C=O) groups excluding carboxylic acids is 1. The summed E-state index contributed by atoms with van der Waals surface area (Å²) < 4.78 is 0. The zero-order chi connectivity index (χ0) is 13.4. The van der Waals surface area contributed by atoms with Crippen LogP contribution in [-0.4, -0.2) is 29.4 Å². The van der Waals surface area contributed by atoms with Crippen molar-refractivity contribution < 1.29 is 14.7 Å². The fraction of sp³-hybridized carbons (Fsp3) is 0.833. The van der Waals surface area contributed by atoms with Gasteiger partial charge in [0, 0.05) is 6.42 Å². The highest BCUT2D eigenvalue weighted by molar-refractivity contribution is 5.87. The van der Waals surface area contributed by atoms with Gasteiger partial charge in [-0.25, -0.2) is 0 Å². The van der Waals surface area contributed by atoms with Crippen molar-refractivity contribution in [3.63, 3.8) is 0 Å². The maximum absolute atomic E-state index is 11.7. The molecule has 5 nitrogen and oxygen atoms in total. The molecule has 0 aromatic carbocycles. The van der Waals surface area contributed by atoms with Gasteiger partial charge >= 0.3 is 5.97 Å². The minimum atomic E-state index is -0.928. The van der Waals surface area contributed by atoms with E-state index in [1.165, 1.54) is 0 Å². The Morgan fingerprint density at radius 3 is 2.24 bits per heavy atom. The Balaban J connectivity index is 4.16. The van der Waals surface area contributed by atoms with Crippen molar-refractivity contribution in [1.82, 2.24) is 0 Å². The summed E-state index contributed by atoms with van der Waals surface area (Å²) in [5, 5.41) is 8.98. The lowest BCUT2D eigenvalue weighted by molar-refractivity contribution is -0.145. The standard InChI is InChI=1S/C12H24N2O3/c1-8(2)9(12(16)17)7-11(15)10(14)5-3-4-6-13/h8-10H,3-7,13-14H2,1-2H3,(H,16,17). The molecular weight excluding hydrogens is 220 g/mol. The molecule has 5 heteroatoms. The fourth-order valence-electron chi connectivity index (χ4n) is 1.65. The number of carbonyl (C=O) groups is 2. The van der Waals surface area contributed by atoms with Gasteiger partial charge in [-0.1, -0.05) is 20.3 Å². The third-order valence-corrected chi connectivity index (χ3v) is 2.93. The van der Waals surface area contributed by atoms with Gasteiger partial charge in [-0.2, -0.15) is 0 Å². The molecule has 0 bridgehead atoms. The van der Waals surface area contributed by atoms with Gasteiger partial charge in [0.15, 0.2) is 0 Å². The number of hydrogen-bond acceptors (Lipinski definition) is 4. The highest BCUT2D eigenvalue weighted by Gasteiger charge is 2.26. The van der Waals surface area contributed by atoms with Crippen LogP contribution in [0, 0.1) is 11.8 Å². The molecular formula is C12H24N2O3. The van der Waals surface area contributed by atoms with Gasteiger partial charge in [-0.3, -0.25) is 9.59 Å². The molecule has 0 aliphatic heterocycles. The van der Waals surface area contributed by atoms with E-state index in [1.54, 1.807) is 13.8 Å². The van der Waals surface area contributed by atoms with E-state index in [4.69, 9.17) is 16.6 Å². The van der Waals surface area contributed by atoms with Crippen LogP contribution in [0.1, 0.15) is 39.5 Å². The Kier molecular flexibility index (Phi) is 7.74. The van der Waals surface area contributed by atoms with E-state index in [1.807, 2.05) is 0 Å². The molecule has 0 aromatic heterocycles. The smallest absolute Gasteiger partial charge is 0.307 e. The van der Waals surface area contributed by atoms with Gasteiger partial charge in [0.1, 0.15) is 5.78 Å². The predicted octanol–water partition coefficient (Wildman–Crippen LogP) is 0.759. The second-order valence-electron chi connectivity index (χ2n) is 4.75. The molecule has 0 aliphatic carbocycles. The van der Waals surface area contributed by atoms with Crippen LogP contribution in [0.25, 0.3) is 0 Å². The molecule has 0 radical (unpaired) electrons. The van der Waals surface area contributed by atoms with Crippen LogP contribution >= 0.6 is 0 Å². The Labute approximate surface area is 103 Å². The van der Waals surface area contributed by atoms with Crippen LogP contribution in [0.5, 0.6) is 0 Å². The van der Waals surface area contributed by atoms with Crippen LogP contribution < -0.4 is 11.5 Å². The second-order valence-corrected chi connectivity index (χ2v) is 4.75. The van der Waals surface area contributed by atoms with Gasteiger partial charge in [0.05, 0.1) is 12.0 Å². The number of rotatable bonds is 9. The van der Waals surface area contributed by atoms with Crippen molar-refractivity contribution >= 4 is 11.8 Å². The van der Waals surface area contributed by atoms with Crippen molar-refractivity contribution in [3.8, 4) is 0 Å². The Hall–Kier alpha value is -0.940. The zero-order valence-corrected chi connectivity index (χ0v) is 10.7. The van der Waals surface area contributed by atoms with Gasteiger partial charge in [-0.05, 0) is 25.3 Å². The molecule has 0 fully saturated rings. The molecule has 0 rings (SSSR count). The summed E-state index contributed by atoms with van der Waals surface area (Å²) in [7, 11) is 0. The number of nitrogens with two attached hydrogens (primary N) is 2. The van der Waals surface area contributed by atoms with Crippen LogP contribution in [0.15, 0.2) is 0 Å². The molecule has 5 N–H and O–H groups in total. The normalized spacial score (nSPS) is 14.6. The first-order chi connectivity index (χ1) is 7.90. The lowest BCUT2D eigenvalue weighted by Crippen LogP contribution is -2.34. The van der Waals surface area contributed by atoms with Crippen molar-refractivity contribution in [2.75, 3.05) is 6.54 Å².